The normalized spacial score (nSPS) is 21.8. The molecule has 0 N–H and O–H groups in total. The Kier molecular flexibility index (Phi) is 4.47. The highest BCUT2D eigenvalue weighted by Crippen LogP contribution is 2.30. The Hall–Kier alpha value is -1.95. The molecule has 2 aromatic rings. The Morgan fingerprint density at radius 3 is 2.83 bits per heavy atom. The highest BCUT2D eigenvalue weighted by Gasteiger charge is 2.30. The molecule has 1 saturated carbocycles. The van der Waals surface area contributed by atoms with E-state index in [0.29, 0.717) is 18.5 Å². The van der Waals surface area contributed by atoms with Crippen LogP contribution in [0.4, 0.5) is 0 Å². The highest BCUT2D eigenvalue weighted by molar-refractivity contribution is 5.10. The minimum absolute atomic E-state index is 0.329. The fraction of sp³-hybridized carbons (Fsp3) is 0.611. The molecule has 0 spiro atoms. The molecular weight excluding hydrogens is 302 g/mol. The summed E-state index contributed by atoms with van der Waals surface area (Å²) in [6.45, 7) is 5.88. The predicted octanol–water partition coefficient (Wildman–Crippen LogP) is 2.82. The second-order valence-corrected chi connectivity index (χ2v) is 6.90. The fourth-order valence-corrected chi connectivity index (χ4v) is 3.94. The molecule has 24 heavy (non-hydrogen) atoms. The Morgan fingerprint density at radius 2 is 2.04 bits per heavy atom. The van der Waals surface area contributed by atoms with E-state index < -0.39 is 0 Å². The molecule has 6 heteroatoms. The molecule has 4 rings (SSSR count). The van der Waals surface area contributed by atoms with Crippen LogP contribution in [-0.2, 0) is 13.2 Å². The summed E-state index contributed by atoms with van der Waals surface area (Å²) < 4.78 is 7.96. The first-order chi connectivity index (χ1) is 11.8. The van der Waals surface area contributed by atoms with Gasteiger partial charge >= 0.3 is 0 Å². The van der Waals surface area contributed by atoms with E-state index >= 15 is 0 Å². The van der Waals surface area contributed by atoms with Crippen LogP contribution in [0.15, 0.2) is 24.4 Å². The fourth-order valence-electron chi connectivity index (χ4n) is 3.94. The van der Waals surface area contributed by atoms with Crippen molar-refractivity contribution in [3.05, 3.63) is 36.0 Å². The van der Waals surface area contributed by atoms with Gasteiger partial charge < -0.3 is 9.30 Å². The molecule has 2 aliphatic rings. The van der Waals surface area contributed by atoms with Crippen molar-refractivity contribution < 1.29 is 4.74 Å². The highest BCUT2D eigenvalue weighted by atomic mass is 16.5. The lowest BCUT2D eigenvalue weighted by Gasteiger charge is -2.35. The van der Waals surface area contributed by atoms with Gasteiger partial charge in [-0.3, -0.25) is 4.90 Å². The Balaban J connectivity index is 1.42. The minimum Gasteiger partial charge on any atom is -0.469 e. The van der Waals surface area contributed by atoms with Crippen LogP contribution in [0.25, 0.3) is 0 Å². The molecule has 0 radical (unpaired) electrons. The lowest BCUT2D eigenvalue weighted by molar-refractivity contribution is 0.137. The van der Waals surface area contributed by atoms with E-state index in [1.54, 1.807) is 6.20 Å². The molecular formula is C18H25N5O. The van der Waals surface area contributed by atoms with Crippen LogP contribution < -0.4 is 4.74 Å². The van der Waals surface area contributed by atoms with E-state index in [0.717, 1.165) is 30.7 Å². The number of hydrogen-bond acceptors (Lipinski definition) is 5. The summed E-state index contributed by atoms with van der Waals surface area (Å²) in [5, 5.41) is 8.81. The van der Waals surface area contributed by atoms with Gasteiger partial charge in [-0.2, -0.15) is 0 Å². The number of ether oxygens (including phenoxy) is 1. The van der Waals surface area contributed by atoms with Crippen molar-refractivity contribution in [3.8, 4) is 5.88 Å². The van der Waals surface area contributed by atoms with Gasteiger partial charge in [0, 0.05) is 31.9 Å². The summed E-state index contributed by atoms with van der Waals surface area (Å²) in [4.78, 5) is 6.76. The molecule has 0 bridgehead atoms. The standard InChI is InChI=1S/C18H25N5O/c1-14-18-21-20-16(13-24-17-8-4-5-9-19-17)23(18)11-10-22(14)12-15-6-2-3-7-15/h4-5,8-9,14-15H,2-3,6-7,10-13H2,1H3. The van der Waals surface area contributed by atoms with Gasteiger partial charge in [0.2, 0.25) is 5.88 Å². The van der Waals surface area contributed by atoms with Crippen molar-refractivity contribution in [1.82, 2.24) is 24.6 Å². The molecule has 0 aromatic carbocycles. The second kappa shape index (κ2) is 6.89. The van der Waals surface area contributed by atoms with Crippen LogP contribution in [0.2, 0.25) is 0 Å². The molecule has 1 fully saturated rings. The van der Waals surface area contributed by atoms with Gasteiger partial charge in [0.25, 0.3) is 0 Å². The van der Waals surface area contributed by atoms with Crippen LogP contribution in [0, 0.1) is 5.92 Å². The molecule has 1 unspecified atom stereocenters. The van der Waals surface area contributed by atoms with Crippen LogP contribution in [0.1, 0.15) is 50.3 Å². The molecule has 0 amide bonds. The summed E-state index contributed by atoms with van der Waals surface area (Å²) >= 11 is 0. The smallest absolute Gasteiger partial charge is 0.213 e. The third-order valence-corrected chi connectivity index (χ3v) is 5.34. The van der Waals surface area contributed by atoms with Gasteiger partial charge in [0.15, 0.2) is 5.82 Å². The maximum absolute atomic E-state index is 5.74. The Labute approximate surface area is 142 Å². The average Bonchev–Trinajstić information content (AvgIpc) is 3.26. The molecule has 1 aliphatic heterocycles. The number of pyridine rings is 1. The first-order valence-corrected chi connectivity index (χ1v) is 9.01. The summed E-state index contributed by atoms with van der Waals surface area (Å²) in [6.07, 6.45) is 7.31. The van der Waals surface area contributed by atoms with E-state index in [9.17, 15) is 0 Å². The monoisotopic (exact) mass is 327 g/mol. The number of rotatable bonds is 5. The maximum atomic E-state index is 5.74. The second-order valence-electron chi connectivity index (χ2n) is 6.90. The lowest BCUT2D eigenvalue weighted by atomic mass is 10.1. The zero-order chi connectivity index (χ0) is 16.4. The summed E-state index contributed by atoms with van der Waals surface area (Å²) in [7, 11) is 0. The zero-order valence-corrected chi connectivity index (χ0v) is 14.3. The van der Waals surface area contributed by atoms with Gasteiger partial charge in [-0.15, -0.1) is 10.2 Å². The number of fused-ring (bicyclic) bond motifs is 1. The van der Waals surface area contributed by atoms with Crippen molar-refractivity contribution in [3.63, 3.8) is 0 Å². The number of aromatic nitrogens is 4. The molecule has 6 nitrogen and oxygen atoms in total. The van der Waals surface area contributed by atoms with Gasteiger partial charge in [0.05, 0.1) is 6.04 Å². The van der Waals surface area contributed by atoms with Crippen LogP contribution in [0.5, 0.6) is 5.88 Å². The van der Waals surface area contributed by atoms with Crippen LogP contribution in [-0.4, -0.2) is 37.7 Å². The SMILES string of the molecule is CC1c2nnc(COc3ccccn3)n2CCN1CC1CCCC1. The van der Waals surface area contributed by atoms with Crippen molar-refractivity contribution in [2.24, 2.45) is 5.92 Å². The van der Waals surface area contributed by atoms with Crippen molar-refractivity contribution in [2.75, 3.05) is 13.1 Å². The molecule has 1 atom stereocenters. The summed E-state index contributed by atoms with van der Waals surface area (Å²) in [5.74, 6) is 3.46. The largest absolute Gasteiger partial charge is 0.469 e. The van der Waals surface area contributed by atoms with E-state index in [4.69, 9.17) is 4.74 Å². The van der Waals surface area contributed by atoms with Gasteiger partial charge in [-0.1, -0.05) is 18.9 Å². The first-order valence-electron chi connectivity index (χ1n) is 9.01. The molecule has 128 valence electrons. The predicted molar refractivity (Wildman–Crippen MR) is 90.5 cm³/mol. The van der Waals surface area contributed by atoms with E-state index in [1.807, 2.05) is 18.2 Å². The Morgan fingerprint density at radius 1 is 1.17 bits per heavy atom. The third-order valence-electron chi connectivity index (χ3n) is 5.34. The van der Waals surface area contributed by atoms with Gasteiger partial charge in [-0.05, 0) is 31.7 Å². The van der Waals surface area contributed by atoms with E-state index in [-0.39, 0.29) is 0 Å². The summed E-state index contributed by atoms with van der Waals surface area (Å²) in [5.41, 5.74) is 0. The average molecular weight is 327 g/mol. The topological polar surface area (TPSA) is 56.1 Å². The van der Waals surface area contributed by atoms with Crippen LogP contribution >= 0.6 is 0 Å². The van der Waals surface area contributed by atoms with Crippen molar-refractivity contribution in [1.29, 1.82) is 0 Å². The van der Waals surface area contributed by atoms with Gasteiger partial charge in [0.1, 0.15) is 12.4 Å². The summed E-state index contributed by atoms with van der Waals surface area (Å²) in [6, 6.07) is 5.99. The van der Waals surface area contributed by atoms with Crippen molar-refractivity contribution >= 4 is 0 Å². The maximum Gasteiger partial charge on any atom is 0.213 e. The van der Waals surface area contributed by atoms with E-state index in [2.05, 4.69) is 31.6 Å². The first kappa shape index (κ1) is 15.6. The van der Waals surface area contributed by atoms with Crippen molar-refractivity contribution in [2.45, 2.75) is 51.8 Å². The molecule has 2 aromatic heterocycles. The van der Waals surface area contributed by atoms with Gasteiger partial charge in [-0.25, -0.2) is 4.98 Å². The molecule has 3 heterocycles. The Bertz CT molecular complexity index is 665. The number of nitrogens with zero attached hydrogens (tertiary/aromatic N) is 5. The molecule has 0 saturated heterocycles. The quantitative estimate of drug-likeness (QED) is 0.845. The lowest BCUT2D eigenvalue weighted by Crippen LogP contribution is -2.40. The minimum atomic E-state index is 0.329. The number of hydrogen-bond donors (Lipinski definition) is 0. The van der Waals surface area contributed by atoms with Crippen LogP contribution in [0.3, 0.4) is 0 Å². The zero-order valence-electron chi connectivity index (χ0n) is 14.3. The third kappa shape index (κ3) is 3.15. The van der Waals surface area contributed by atoms with E-state index in [1.165, 1.54) is 32.2 Å². The molecule has 1 aliphatic carbocycles.